The number of carbonyl (C=O) groups is 6. The molecule has 2 rings (SSSR count). The van der Waals surface area contributed by atoms with Gasteiger partial charge >= 0.3 is 0 Å². The second-order valence-electron chi connectivity index (χ2n) is 12.7. The number of ketones is 1. The fraction of sp³-hybridized carbons (Fsp3) is 0.750. The molecule has 2 aliphatic rings. The molecule has 44 heavy (non-hydrogen) atoms. The van der Waals surface area contributed by atoms with Crippen LogP contribution in [-0.2, 0) is 28.8 Å². The number of hydrogen-bond donors (Lipinski definition) is 6. The minimum atomic E-state index is -0.938. The van der Waals surface area contributed by atoms with Crippen LogP contribution in [0.4, 0.5) is 0 Å². The van der Waals surface area contributed by atoms with Crippen molar-refractivity contribution in [2.75, 3.05) is 13.1 Å². The maximum Gasteiger partial charge on any atom is 0.244 e. The average Bonchev–Trinajstić information content (AvgIpc) is 2.97. The number of nitrogens with two attached hydrogens (primary N) is 2. The van der Waals surface area contributed by atoms with Crippen molar-refractivity contribution in [3.8, 4) is 0 Å². The Kier molecular flexibility index (Phi) is 16.7. The molecule has 0 unspecified atom stereocenters. The van der Waals surface area contributed by atoms with Gasteiger partial charge in [-0.3, -0.25) is 28.8 Å². The van der Waals surface area contributed by atoms with Crippen LogP contribution in [0.15, 0.2) is 12.2 Å². The van der Waals surface area contributed by atoms with Crippen molar-refractivity contribution in [1.82, 2.24) is 21.3 Å². The van der Waals surface area contributed by atoms with Crippen LogP contribution in [0.25, 0.3) is 0 Å². The fourth-order valence-electron chi connectivity index (χ4n) is 5.91. The van der Waals surface area contributed by atoms with Crippen LogP contribution >= 0.6 is 0 Å². The zero-order valence-corrected chi connectivity index (χ0v) is 26.5. The lowest BCUT2D eigenvalue weighted by Gasteiger charge is -2.29. The Bertz CT molecular complexity index is 1010. The fourth-order valence-corrected chi connectivity index (χ4v) is 5.91. The summed E-state index contributed by atoms with van der Waals surface area (Å²) in [4.78, 5) is 77.8. The van der Waals surface area contributed by atoms with Gasteiger partial charge in [-0.1, -0.05) is 52.4 Å². The number of allylic oxidation sites excluding steroid dienone is 1. The molecular weight excluding hydrogens is 564 g/mol. The third-order valence-electron chi connectivity index (χ3n) is 8.39. The Morgan fingerprint density at radius 3 is 2.18 bits per heavy atom. The Morgan fingerprint density at radius 1 is 0.841 bits per heavy atom. The molecule has 4 atom stereocenters. The van der Waals surface area contributed by atoms with E-state index >= 15 is 0 Å². The molecule has 248 valence electrons. The summed E-state index contributed by atoms with van der Waals surface area (Å²) in [5, 5.41) is 11.2. The molecule has 5 amide bonds. The van der Waals surface area contributed by atoms with Crippen molar-refractivity contribution in [1.29, 1.82) is 0 Å². The zero-order valence-electron chi connectivity index (χ0n) is 26.5. The molecule has 12 heteroatoms. The first-order valence-corrected chi connectivity index (χ1v) is 16.4. The Morgan fingerprint density at radius 2 is 1.52 bits per heavy atom. The van der Waals surface area contributed by atoms with Gasteiger partial charge in [-0.25, -0.2) is 0 Å². The normalized spacial score (nSPS) is 26.7. The van der Waals surface area contributed by atoms with E-state index in [9.17, 15) is 28.8 Å². The monoisotopic (exact) mass is 618 g/mol. The number of unbranched alkanes of at least 4 members (excludes halogenated alkanes) is 1. The van der Waals surface area contributed by atoms with E-state index in [1.807, 2.05) is 13.8 Å². The van der Waals surface area contributed by atoms with Gasteiger partial charge in [0, 0.05) is 25.0 Å². The summed E-state index contributed by atoms with van der Waals surface area (Å²) in [6, 6.07) is -2.58. The molecule has 1 aliphatic heterocycles. The average molecular weight is 619 g/mol. The van der Waals surface area contributed by atoms with Gasteiger partial charge in [-0.05, 0) is 69.4 Å². The summed E-state index contributed by atoms with van der Waals surface area (Å²) < 4.78 is 0. The van der Waals surface area contributed by atoms with E-state index in [0.29, 0.717) is 58.0 Å². The summed E-state index contributed by atoms with van der Waals surface area (Å²) in [7, 11) is 0. The number of carbonyl (C=O) groups excluding carboxylic acids is 6. The van der Waals surface area contributed by atoms with E-state index in [4.69, 9.17) is 11.5 Å². The van der Waals surface area contributed by atoms with E-state index in [1.165, 1.54) is 0 Å². The first-order valence-electron chi connectivity index (χ1n) is 16.4. The van der Waals surface area contributed by atoms with Gasteiger partial charge in [0.2, 0.25) is 29.5 Å². The molecule has 8 N–H and O–H groups in total. The Balaban J connectivity index is 2.36. The molecule has 1 heterocycles. The molecule has 0 spiro atoms. The van der Waals surface area contributed by atoms with Gasteiger partial charge in [0.25, 0.3) is 0 Å². The van der Waals surface area contributed by atoms with Gasteiger partial charge in [-0.15, -0.1) is 0 Å². The van der Waals surface area contributed by atoms with Crippen LogP contribution in [-0.4, -0.2) is 66.5 Å². The first-order chi connectivity index (χ1) is 21.0. The highest BCUT2D eigenvalue weighted by Gasteiger charge is 2.32. The van der Waals surface area contributed by atoms with Crippen LogP contribution in [0.2, 0.25) is 0 Å². The predicted octanol–water partition coefficient (Wildman–Crippen LogP) is 1.50. The molecule has 12 nitrogen and oxygen atoms in total. The van der Waals surface area contributed by atoms with Gasteiger partial charge in [-0.2, -0.15) is 0 Å². The summed E-state index contributed by atoms with van der Waals surface area (Å²) in [5.74, 6) is -3.27. The molecular formula is C32H54N6O6. The largest absolute Gasteiger partial charge is 0.368 e. The van der Waals surface area contributed by atoms with E-state index < -0.39 is 53.5 Å². The summed E-state index contributed by atoms with van der Waals surface area (Å²) in [6.07, 6.45) is 11.0. The van der Waals surface area contributed by atoms with E-state index in [1.54, 1.807) is 0 Å². The minimum Gasteiger partial charge on any atom is -0.368 e. The van der Waals surface area contributed by atoms with Crippen molar-refractivity contribution in [3.05, 3.63) is 12.2 Å². The van der Waals surface area contributed by atoms with Crippen molar-refractivity contribution in [2.24, 2.45) is 29.2 Å². The highest BCUT2D eigenvalue weighted by atomic mass is 16.2. The number of primary amides is 1. The smallest absolute Gasteiger partial charge is 0.244 e. The SMILES string of the molecule is CC(C)C[C@H]1NC(=O)[C@H](CC2CCCCC2)NC(=O)[C@H](CCCCN)CC(=O)/C=C/C(=O)N[C@H](C(N)=O)CCCCNC1=O. The quantitative estimate of drug-likeness (QED) is 0.210. The molecule has 1 aliphatic carbocycles. The van der Waals surface area contributed by atoms with Crippen LogP contribution in [0.3, 0.4) is 0 Å². The van der Waals surface area contributed by atoms with Crippen LogP contribution in [0.1, 0.15) is 104 Å². The first kappa shape index (κ1) is 36.9. The van der Waals surface area contributed by atoms with Crippen LogP contribution in [0, 0.1) is 17.8 Å². The molecule has 1 saturated carbocycles. The maximum absolute atomic E-state index is 13.7. The van der Waals surface area contributed by atoms with Gasteiger partial charge in [0.05, 0.1) is 0 Å². The minimum absolute atomic E-state index is 0.119. The van der Waals surface area contributed by atoms with Gasteiger partial charge < -0.3 is 32.7 Å². The van der Waals surface area contributed by atoms with Crippen molar-refractivity contribution >= 4 is 35.3 Å². The molecule has 0 saturated heterocycles. The second kappa shape index (κ2) is 19.9. The van der Waals surface area contributed by atoms with Crippen molar-refractivity contribution in [2.45, 2.75) is 122 Å². The van der Waals surface area contributed by atoms with E-state index in [-0.39, 0.29) is 30.6 Å². The molecule has 0 bridgehead atoms. The molecule has 0 aromatic heterocycles. The number of hydrogen-bond acceptors (Lipinski definition) is 7. The molecule has 1 fully saturated rings. The third-order valence-corrected chi connectivity index (χ3v) is 8.39. The van der Waals surface area contributed by atoms with Crippen molar-refractivity contribution in [3.63, 3.8) is 0 Å². The van der Waals surface area contributed by atoms with E-state index in [2.05, 4.69) is 21.3 Å². The lowest BCUT2D eigenvalue weighted by molar-refractivity contribution is -0.134. The molecule has 0 aromatic carbocycles. The number of rotatable bonds is 9. The Hall–Kier alpha value is -3.28. The van der Waals surface area contributed by atoms with E-state index in [0.717, 1.165) is 44.3 Å². The number of amides is 5. The highest BCUT2D eigenvalue weighted by Crippen LogP contribution is 2.28. The standard InChI is InChI=1S/C32H54N6O6/c1-21(2)18-26-31(43)35-17-9-7-13-25(29(34)41)36-28(40)15-14-24(39)20-23(12-6-8-16-33)30(42)37-27(32(44)38-26)19-22-10-4-3-5-11-22/h14-15,21-23,25-27H,3-13,16-20,33H2,1-2H3,(H2,34,41)(H,35,43)(H,36,40)(H,37,42)(H,38,44)/b15-14+/t23-,25+,26-,27+/m1/s1. The zero-order chi connectivity index (χ0) is 32.5. The maximum atomic E-state index is 13.7. The molecule has 0 aromatic rings. The predicted molar refractivity (Wildman–Crippen MR) is 168 cm³/mol. The topological polar surface area (TPSA) is 203 Å². The summed E-state index contributed by atoms with van der Waals surface area (Å²) >= 11 is 0. The van der Waals surface area contributed by atoms with Crippen LogP contribution < -0.4 is 32.7 Å². The van der Waals surface area contributed by atoms with Gasteiger partial charge in [0.15, 0.2) is 5.78 Å². The molecule has 0 radical (unpaired) electrons. The summed E-state index contributed by atoms with van der Waals surface area (Å²) in [6.45, 7) is 4.68. The van der Waals surface area contributed by atoms with Crippen molar-refractivity contribution < 1.29 is 28.8 Å². The third kappa shape index (κ3) is 14.0. The lowest BCUT2D eigenvalue weighted by Crippen LogP contribution is -2.55. The van der Waals surface area contributed by atoms with Gasteiger partial charge in [0.1, 0.15) is 18.1 Å². The van der Waals surface area contributed by atoms with Crippen LogP contribution in [0.5, 0.6) is 0 Å². The Labute approximate surface area is 261 Å². The highest BCUT2D eigenvalue weighted by molar-refractivity contribution is 6.00. The summed E-state index contributed by atoms with van der Waals surface area (Å²) in [5.41, 5.74) is 11.1. The lowest BCUT2D eigenvalue weighted by atomic mass is 9.84. The second-order valence-corrected chi connectivity index (χ2v) is 12.7. The number of nitrogens with one attached hydrogen (secondary N) is 4.